The third-order valence-corrected chi connectivity index (χ3v) is 5.05. The Morgan fingerprint density at radius 1 is 1.12 bits per heavy atom. The first-order valence-corrected chi connectivity index (χ1v) is 8.56. The Hall–Kier alpha value is -2.34. The molecule has 2 aliphatic rings. The average molecular weight is 342 g/mol. The van der Waals surface area contributed by atoms with Crippen LogP contribution in [0.25, 0.3) is 11.0 Å². The normalized spacial score (nSPS) is 17.3. The van der Waals surface area contributed by atoms with Crippen molar-refractivity contribution in [2.24, 2.45) is 0 Å². The molecule has 1 saturated carbocycles. The van der Waals surface area contributed by atoms with E-state index in [1.165, 1.54) is 0 Å². The summed E-state index contributed by atoms with van der Waals surface area (Å²) >= 11 is 5.97. The number of halogens is 1. The molecule has 0 N–H and O–H groups in total. The van der Waals surface area contributed by atoms with Gasteiger partial charge in [-0.15, -0.1) is 0 Å². The van der Waals surface area contributed by atoms with E-state index in [1.54, 1.807) is 10.8 Å². The van der Waals surface area contributed by atoms with Crippen LogP contribution in [-0.2, 0) is 13.1 Å². The Kier molecular flexibility index (Phi) is 2.97. The van der Waals surface area contributed by atoms with Crippen LogP contribution in [0, 0.1) is 0 Å². The molecular formula is C17H16ClN5O. The highest BCUT2D eigenvalue weighted by Gasteiger charge is 2.29. The first kappa shape index (κ1) is 14.0. The van der Waals surface area contributed by atoms with Crippen LogP contribution in [0.5, 0.6) is 0 Å². The molecular weight excluding hydrogens is 326 g/mol. The second kappa shape index (κ2) is 5.08. The topological polar surface area (TPSA) is 56.0 Å². The maximum Gasteiger partial charge on any atom is 0.264 e. The predicted molar refractivity (Wildman–Crippen MR) is 92.6 cm³/mol. The molecule has 5 rings (SSSR count). The van der Waals surface area contributed by atoms with Gasteiger partial charge in [-0.3, -0.25) is 9.36 Å². The average Bonchev–Trinajstić information content (AvgIpc) is 3.35. The first-order valence-electron chi connectivity index (χ1n) is 8.18. The molecule has 6 nitrogen and oxygen atoms in total. The molecule has 3 aromatic rings. The van der Waals surface area contributed by atoms with Gasteiger partial charge in [0.15, 0.2) is 5.65 Å². The third kappa shape index (κ3) is 2.13. The van der Waals surface area contributed by atoms with Crippen molar-refractivity contribution in [3.8, 4) is 0 Å². The van der Waals surface area contributed by atoms with Crippen molar-refractivity contribution in [2.45, 2.75) is 32.0 Å². The van der Waals surface area contributed by atoms with Gasteiger partial charge in [-0.25, -0.2) is 9.67 Å². The van der Waals surface area contributed by atoms with Gasteiger partial charge in [0.1, 0.15) is 11.2 Å². The molecule has 0 unspecified atom stereocenters. The molecule has 1 aliphatic carbocycles. The number of benzene rings is 1. The SMILES string of the molecule is O=c1c2cnn(C3CC3)c2nc2n1CCN(c1ccc(Cl)cc1)C2. The van der Waals surface area contributed by atoms with Crippen LogP contribution in [0.1, 0.15) is 24.7 Å². The van der Waals surface area contributed by atoms with E-state index in [1.807, 2.05) is 28.9 Å². The monoisotopic (exact) mass is 341 g/mol. The summed E-state index contributed by atoms with van der Waals surface area (Å²) in [5, 5.41) is 5.74. The standard InChI is InChI=1S/C17H16ClN5O/c18-11-1-3-12(4-2-11)21-7-8-22-15(10-21)20-16-14(17(22)24)9-19-23(16)13-5-6-13/h1-4,9,13H,5-8,10H2. The predicted octanol–water partition coefficient (Wildman–Crippen LogP) is 2.60. The van der Waals surface area contributed by atoms with Crippen LogP contribution in [-0.4, -0.2) is 25.9 Å². The molecule has 3 heterocycles. The summed E-state index contributed by atoms with van der Waals surface area (Å²) < 4.78 is 3.70. The van der Waals surface area contributed by atoms with E-state index in [2.05, 4.69) is 10.00 Å². The summed E-state index contributed by atoms with van der Waals surface area (Å²) in [5.41, 5.74) is 1.85. The van der Waals surface area contributed by atoms with Gasteiger partial charge in [0.2, 0.25) is 0 Å². The van der Waals surface area contributed by atoms with Gasteiger partial charge in [0.25, 0.3) is 5.56 Å². The Bertz CT molecular complexity index is 987. The van der Waals surface area contributed by atoms with Crippen molar-refractivity contribution in [2.75, 3.05) is 11.4 Å². The summed E-state index contributed by atoms with van der Waals surface area (Å²) in [7, 11) is 0. The molecule has 7 heteroatoms. The highest BCUT2D eigenvalue weighted by Crippen LogP contribution is 2.35. The number of hydrogen-bond donors (Lipinski definition) is 0. The Labute approximate surface area is 143 Å². The number of fused-ring (bicyclic) bond motifs is 2. The summed E-state index contributed by atoms with van der Waals surface area (Å²) in [6.07, 6.45) is 3.91. The Morgan fingerprint density at radius 3 is 2.67 bits per heavy atom. The summed E-state index contributed by atoms with van der Waals surface area (Å²) in [6, 6.07) is 8.19. The van der Waals surface area contributed by atoms with Gasteiger partial charge in [0.05, 0.1) is 18.8 Å². The number of anilines is 1. The molecule has 122 valence electrons. The third-order valence-electron chi connectivity index (χ3n) is 4.80. The lowest BCUT2D eigenvalue weighted by molar-refractivity contribution is 0.533. The molecule has 0 saturated heterocycles. The van der Waals surface area contributed by atoms with Crippen LogP contribution in [0.3, 0.4) is 0 Å². The van der Waals surface area contributed by atoms with Crippen LogP contribution in [0.2, 0.25) is 5.02 Å². The van der Waals surface area contributed by atoms with Crippen LogP contribution in [0.4, 0.5) is 5.69 Å². The van der Waals surface area contributed by atoms with Gasteiger partial charge in [-0.2, -0.15) is 5.10 Å². The quantitative estimate of drug-likeness (QED) is 0.719. The smallest absolute Gasteiger partial charge is 0.264 e. The Morgan fingerprint density at radius 2 is 1.92 bits per heavy atom. The maximum absolute atomic E-state index is 12.8. The molecule has 0 radical (unpaired) electrons. The molecule has 1 fully saturated rings. The van der Waals surface area contributed by atoms with Gasteiger partial charge in [0, 0.05) is 23.8 Å². The van der Waals surface area contributed by atoms with Crippen molar-refractivity contribution in [3.05, 3.63) is 51.7 Å². The van der Waals surface area contributed by atoms with Gasteiger partial charge in [-0.05, 0) is 37.1 Å². The Balaban J connectivity index is 1.58. The zero-order valence-electron chi connectivity index (χ0n) is 13.0. The lowest BCUT2D eigenvalue weighted by Gasteiger charge is -2.30. The zero-order valence-corrected chi connectivity index (χ0v) is 13.8. The van der Waals surface area contributed by atoms with E-state index in [4.69, 9.17) is 16.6 Å². The van der Waals surface area contributed by atoms with Crippen LogP contribution < -0.4 is 10.5 Å². The van der Waals surface area contributed by atoms with Crippen molar-refractivity contribution in [3.63, 3.8) is 0 Å². The van der Waals surface area contributed by atoms with E-state index in [-0.39, 0.29) is 5.56 Å². The summed E-state index contributed by atoms with van der Waals surface area (Å²) in [5.74, 6) is 0.802. The highest BCUT2D eigenvalue weighted by molar-refractivity contribution is 6.30. The second-order valence-corrected chi connectivity index (χ2v) is 6.88. The number of nitrogens with zero attached hydrogens (tertiary/aromatic N) is 5. The fourth-order valence-electron chi connectivity index (χ4n) is 3.34. The van der Waals surface area contributed by atoms with Crippen molar-refractivity contribution < 1.29 is 0 Å². The number of hydrogen-bond acceptors (Lipinski definition) is 4. The fraction of sp³-hybridized carbons (Fsp3) is 0.353. The lowest BCUT2D eigenvalue weighted by atomic mass is 10.2. The van der Waals surface area contributed by atoms with Crippen molar-refractivity contribution in [1.29, 1.82) is 0 Å². The van der Waals surface area contributed by atoms with Gasteiger partial charge in [-0.1, -0.05) is 11.6 Å². The minimum absolute atomic E-state index is 0.0256. The molecule has 2 aromatic heterocycles. The van der Waals surface area contributed by atoms with Gasteiger partial charge >= 0.3 is 0 Å². The van der Waals surface area contributed by atoms with E-state index in [9.17, 15) is 4.79 Å². The maximum atomic E-state index is 12.8. The molecule has 0 amide bonds. The molecule has 1 aromatic carbocycles. The first-order chi connectivity index (χ1) is 11.7. The minimum atomic E-state index is 0.0256. The van der Waals surface area contributed by atoms with Crippen LogP contribution >= 0.6 is 11.6 Å². The van der Waals surface area contributed by atoms with Gasteiger partial charge < -0.3 is 4.90 Å². The number of rotatable bonds is 2. The highest BCUT2D eigenvalue weighted by atomic mass is 35.5. The zero-order chi connectivity index (χ0) is 16.3. The van der Waals surface area contributed by atoms with E-state index in [0.717, 1.165) is 41.6 Å². The van der Waals surface area contributed by atoms with Crippen LogP contribution in [0.15, 0.2) is 35.3 Å². The molecule has 0 spiro atoms. The second-order valence-electron chi connectivity index (χ2n) is 6.44. The van der Waals surface area contributed by atoms with Crippen molar-refractivity contribution in [1.82, 2.24) is 19.3 Å². The summed E-state index contributed by atoms with van der Waals surface area (Å²) in [4.78, 5) is 19.8. The van der Waals surface area contributed by atoms with Crippen molar-refractivity contribution >= 4 is 28.3 Å². The van der Waals surface area contributed by atoms with E-state index < -0.39 is 0 Å². The molecule has 0 bridgehead atoms. The molecule has 0 atom stereocenters. The minimum Gasteiger partial charge on any atom is -0.362 e. The molecule has 1 aliphatic heterocycles. The van der Waals surface area contributed by atoms with E-state index in [0.29, 0.717) is 24.5 Å². The summed E-state index contributed by atoms with van der Waals surface area (Å²) in [6.45, 7) is 2.02. The number of aromatic nitrogens is 4. The largest absolute Gasteiger partial charge is 0.362 e. The lowest BCUT2D eigenvalue weighted by Crippen LogP contribution is -2.40. The van der Waals surface area contributed by atoms with E-state index >= 15 is 0 Å². The molecule has 24 heavy (non-hydrogen) atoms. The fourth-order valence-corrected chi connectivity index (χ4v) is 3.47.